The third-order valence-corrected chi connectivity index (χ3v) is 3.44. The van der Waals surface area contributed by atoms with Gasteiger partial charge in [0.05, 0.1) is 12.6 Å². The quantitative estimate of drug-likeness (QED) is 0.867. The molecule has 1 aromatic heterocycles. The molecule has 5 nitrogen and oxygen atoms in total. The van der Waals surface area contributed by atoms with E-state index in [4.69, 9.17) is 4.52 Å². The summed E-state index contributed by atoms with van der Waals surface area (Å²) in [4.78, 5) is 6.70. The van der Waals surface area contributed by atoms with Gasteiger partial charge in [0.1, 0.15) is 0 Å². The molecule has 18 heavy (non-hydrogen) atoms. The van der Waals surface area contributed by atoms with E-state index < -0.39 is 0 Å². The van der Waals surface area contributed by atoms with Crippen LogP contribution in [0.1, 0.15) is 45.8 Å². The Morgan fingerprint density at radius 3 is 2.72 bits per heavy atom. The van der Waals surface area contributed by atoms with E-state index in [1.54, 1.807) is 0 Å². The third-order valence-electron chi connectivity index (χ3n) is 3.44. The highest BCUT2D eigenvalue weighted by atomic mass is 16.5. The van der Waals surface area contributed by atoms with Crippen molar-refractivity contribution in [1.82, 2.24) is 15.0 Å². The molecule has 0 aliphatic carbocycles. The van der Waals surface area contributed by atoms with Crippen LogP contribution in [0.2, 0.25) is 0 Å². The van der Waals surface area contributed by atoms with Crippen LogP contribution in [0.3, 0.4) is 0 Å². The zero-order valence-electron chi connectivity index (χ0n) is 11.7. The van der Waals surface area contributed by atoms with Crippen LogP contribution >= 0.6 is 0 Å². The molecule has 1 saturated heterocycles. The van der Waals surface area contributed by atoms with Crippen molar-refractivity contribution in [3.8, 4) is 0 Å². The molecule has 2 atom stereocenters. The van der Waals surface area contributed by atoms with Gasteiger partial charge in [-0.2, -0.15) is 4.98 Å². The highest BCUT2D eigenvalue weighted by molar-refractivity contribution is 5.00. The highest BCUT2D eigenvalue weighted by Crippen LogP contribution is 2.21. The van der Waals surface area contributed by atoms with Crippen molar-refractivity contribution in [3.63, 3.8) is 0 Å². The number of aliphatic hydroxyl groups excluding tert-OH is 1. The number of piperidine rings is 1. The maximum Gasteiger partial charge on any atom is 0.240 e. The topological polar surface area (TPSA) is 62.4 Å². The Bertz CT molecular complexity index is 397. The number of hydrogen-bond acceptors (Lipinski definition) is 5. The van der Waals surface area contributed by atoms with Crippen LogP contribution < -0.4 is 0 Å². The number of hydrogen-bond donors (Lipinski definition) is 1. The Labute approximate surface area is 108 Å². The van der Waals surface area contributed by atoms with E-state index in [-0.39, 0.29) is 11.5 Å². The lowest BCUT2D eigenvalue weighted by Gasteiger charge is -2.33. The first-order valence-electron chi connectivity index (χ1n) is 6.60. The Morgan fingerprint density at radius 1 is 1.44 bits per heavy atom. The van der Waals surface area contributed by atoms with Gasteiger partial charge < -0.3 is 9.63 Å². The van der Waals surface area contributed by atoms with Crippen molar-refractivity contribution in [2.75, 3.05) is 13.1 Å². The molecule has 5 heteroatoms. The van der Waals surface area contributed by atoms with Crippen molar-refractivity contribution in [2.45, 2.75) is 52.2 Å². The van der Waals surface area contributed by atoms with Crippen LogP contribution in [0.4, 0.5) is 0 Å². The fourth-order valence-corrected chi connectivity index (χ4v) is 2.18. The standard InChI is InChI=1S/C13H23N3O2/c1-9-7-16(6-5-10(9)17)8-11-14-12(15-18-11)13(2,3)4/h9-10,17H,5-8H2,1-4H3. The Balaban J connectivity index is 1.96. The van der Waals surface area contributed by atoms with Gasteiger partial charge in [-0.15, -0.1) is 0 Å². The van der Waals surface area contributed by atoms with E-state index in [9.17, 15) is 5.11 Å². The summed E-state index contributed by atoms with van der Waals surface area (Å²) in [7, 11) is 0. The van der Waals surface area contributed by atoms with E-state index in [0.717, 1.165) is 25.3 Å². The zero-order chi connectivity index (χ0) is 13.3. The fraction of sp³-hybridized carbons (Fsp3) is 0.846. The second kappa shape index (κ2) is 4.97. The highest BCUT2D eigenvalue weighted by Gasteiger charge is 2.26. The molecule has 1 aromatic rings. The van der Waals surface area contributed by atoms with Crippen LogP contribution in [0.25, 0.3) is 0 Å². The minimum absolute atomic E-state index is 0.0763. The van der Waals surface area contributed by atoms with Crippen LogP contribution in [0.5, 0.6) is 0 Å². The van der Waals surface area contributed by atoms with Gasteiger partial charge in [0.2, 0.25) is 5.89 Å². The molecule has 2 heterocycles. The lowest BCUT2D eigenvalue weighted by atomic mass is 9.96. The van der Waals surface area contributed by atoms with Gasteiger partial charge in [0, 0.05) is 18.5 Å². The normalized spacial score (nSPS) is 26.5. The molecule has 0 amide bonds. The molecule has 0 saturated carbocycles. The number of nitrogens with zero attached hydrogens (tertiary/aromatic N) is 3. The van der Waals surface area contributed by atoms with Crippen molar-refractivity contribution < 1.29 is 9.63 Å². The number of rotatable bonds is 2. The molecule has 1 fully saturated rings. The van der Waals surface area contributed by atoms with Crippen molar-refractivity contribution >= 4 is 0 Å². The SMILES string of the molecule is CC1CN(Cc2nc(C(C)(C)C)no2)CCC1O. The largest absolute Gasteiger partial charge is 0.393 e. The minimum Gasteiger partial charge on any atom is -0.393 e. The first kappa shape index (κ1) is 13.5. The summed E-state index contributed by atoms with van der Waals surface area (Å²) in [5.41, 5.74) is -0.0763. The van der Waals surface area contributed by atoms with Crippen molar-refractivity contribution in [2.24, 2.45) is 5.92 Å². The maximum atomic E-state index is 9.69. The molecular formula is C13H23N3O2. The van der Waals surface area contributed by atoms with Crippen LogP contribution in [0, 0.1) is 5.92 Å². The Hall–Kier alpha value is -0.940. The van der Waals surface area contributed by atoms with Gasteiger partial charge in [0.25, 0.3) is 0 Å². The van der Waals surface area contributed by atoms with E-state index in [1.807, 2.05) is 0 Å². The van der Waals surface area contributed by atoms with Crippen molar-refractivity contribution in [1.29, 1.82) is 0 Å². The van der Waals surface area contributed by atoms with Crippen molar-refractivity contribution in [3.05, 3.63) is 11.7 Å². The summed E-state index contributed by atoms with van der Waals surface area (Å²) in [5, 5.41) is 13.7. The second-order valence-electron chi connectivity index (χ2n) is 6.33. The van der Waals surface area contributed by atoms with E-state index in [1.165, 1.54) is 0 Å². The second-order valence-corrected chi connectivity index (χ2v) is 6.33. The lowest BCUT2D eigenvalue weighted by molar-refractivity contribution is 0.0282. The van der Waals surface area contributed by atoms with Gasteiger partial charge in [-0.3, -0.25) is 4.90 Å². The fourth-order valence-electron chi connectivity index (χ4n) is 2.18. The molecule has 0 spiro atoms. The number of likely N-dealkylation sites (tertiary alicyclic amines) is 1. The number of aliphatic hydroxyl groups is 1. The van der Waals surface area contributed by atoms with E-state index in [2.05, 4.69) is 42.7 Å². The van der Waals surface area contributed by atoms with Gasteiger partial charge in [-0.05, 0) is 12.3 Å². The molecule has 0 bridgehead atoms. The van der Waals surface area contributed by atoms with Crippen LogP contribution in [0.15, 0.2) is 4.52 Å². The van der Waals surface area contributed by atoms with E-state index >= 15 is 0 Å². The van der Waals surface area contributed by atoms with Crippen LogP contribution in [-0.2, 0) is 12.0 Å². The molecule has 0 aromatic carbocycles. The first-order chi connectivity index (χ1) is 8.36. The van der Waals surface area contributed by atoms with Gasteiger partial charge in [0.15, 0.2) is 5.82 Å². The molecule has 1 aliphatic rings. The molecule has 2 unspecified atom stereocenters. The predicted octanol–water partition coefficient (Wildman–Crippen LogP) is 1.57. The summed E-state index contributed by atoms with van der Waals surface area (Å²) in [5.74, 6) is 1.73. The maximum absolute atomic E-state index is 9.69. The summed E-state index contributed by atoms with van der Waals surface area (Å²) < 4.78 is 5.29. The molecular weight excluding hydrogens is 230 g/mol. The predicted molar refractivity (Wildman–Crippen MR) is 68.1 cm³/mol. The minimum atomic E-state index is -0.172. The van der Waals surface area contributed by atoms with Crippen LogP contribution in [-0.4, -0.2) is 39.3 Å². The number of aromatic nitrogens is 2. The monoisotopic (exact) mass is 253 g/mol. The molecule has 1 N–H and O–H groups in total. The molecule has 102 valence electrons. The summed E-state index contributed by atoms with van der Waals surface area (Å²) in [6.07, 6.45) is 0.649. The van der Waals surface area contributed by atoms with Gasteiger partial charge >= 0.3 is 0 Å². The smallest absolute Gasteiger partial charge is 0.240 e. The zero-order valence-corrected chi connectivity index (χ0v) is 11.7. The molecule has 0 radical (unpaired) electrons. The third kappa shape index (κ3) is 3.09. The first-order valence-corrected chi connectivity index (χ1v) is 6.60. The lowest BCUT2D eigenvalue weighted by Crippen LogP contribution is -2.41. The summed E-state index contributed by atoms with van der Waals surface area (Å²) in [6, 6.07) is 0. The summed E-state index contributed by atoms with van der Waals surface area (Å²) >= 11 is 0. The molecule has 2 rings (SSSR count). The molecule has 1 aliphatic heterocycles. The van der Waals surface area contributed by atoms with Gasteiger partial charge in [-0.25, -0.2) is 0 Å². The van der Waals surface area contributed by atoms with E-state index in [0.29, 0.717) is 18.4 Å². The van der Waals surface area contributed by atoms with Gasteiger partial charge in [-0.1, -0.05) is 32.9 Å². The Kier molecular flexibility index (Phi) is 3.73. The Morgan fingerprint density at radius 2 is 2.17 bits per heavy atom. The average Bonchev–Trinajstić information content (AvgIpc) is 2.72. The summed E-state index contributed by atoms with van der Waals surface area (Å²) in [6.45, 7) is 10.7. The average molecular weight is 253 g/mol.